The molecule has 0 bridgehead atoms. The highest BCUT2D eigenvalue weighted by Gasteiger charge is 2.08. The summed E-state index contributed by atoms with van der Waals surface area (Å²) in [7, 11) is 0. The van der Waals surface area contributed by atoms with Gasteiger partial charge in [-0.25, -0.2) is 0 Å². The van der Waals surface area contributed by atoms with E-state index in [2.05, 4.69) is 39.8 Å². The Labute approximate surface area is 92.4 Å². The van der Waals surface area contributed by atoms with E-state index < -0.39 is 0 Å². The van der Waals surface area contributed by atoms with Gasteiger partial charge in [-0.1, -0.05) is 19.9 Å². The summed E-state index contributed by atoms with van der Waals surface area (Å²) in [6.45, 7) is 8.98. The van der Waals surface area contributed by atoms with Gasteiger partial charge < -0.3 is 10.5 Å². The van der Waals surface area contributed by atoms with Gasteiger partial charge in [0, 0.05) is 6.04 Å². The number of benzene rings is 1. The zero-order chi connectivity index (χ0) is 11.4. The molecular formula is C13H21NO. The molecule has 15 heavy (non-hydrogen) atoms. The van der Waals surface area contributed by atoms with E-state index in [1.54, 1.807) is 0 Å². The lowest BCUT2D eigenvalue weighted by Gasteiger charge is -2.16. The third-order valence-corrected chi connectivity index (χ3v) is 2.78. The van der Waals surface area contributed by atoms with Crippen LogP contribution in [0.4, 0.5) is 0 Å². The molecule has 0 aliphatic rings. The first-order valence-corrected chi connectivity index (χ1v) is 5.46. The third-order valence-electron chi connectivity index (χ3n) is 2.78. The summed E-state index contributed by atoms with van der Waals surface area (Å²) in [5.41, 5.74) is 8.45. The van der Waals surface area contributed by atoms with Gasteiger partial charge in [-0.05, 0) is 43.0 Å². The van der Waals surface area contributed by atoms with Crippen LogP contribution >= 0.6 is 0 Å². The van der Waals surface area contributed by atoms with Crippen LogP contribution in [0.5, 0.6) is 5.75 Å². The number of hydrogen-bond donors (Lipinski definition) is 1. The van der Waals surface area contributed by atoms with E-state index in [1.165, 1.54) is 11.1 Å². The van der Waals surface area contributed by atoms with Gasteiger partial charge in [-0.3, -0.25) is 0 Å². The summed E-state index contributed by atoms with van der Waals surface area (Å²) in [6, 6.07) is 6.23. The molecule has 0 unspecified atom stereocenters. The molecule has 0 fully saturated rings. The number of hydrogen-bond acceptors (Lipinski definition) is 2. The first kappa shape index (κ1) is 12.1. The van der Waals surface area contributed by atoms with E-state index in [4.69, 9.17) is 10.5 Å². The van der Waals surface area contributed by atoms with Gasteiger partial charge in [0.1, 0.15) is 12.4 Å². The van der Waals surface area contributed by atoms with Crippen molar-refractivity contribution in [2.24, 2.45) is 11.7 Å². The van der Waals surface area contributed by atoms with E-state index in [1.807, 2.05) is 6.07 Å². The Morgan fingerprint density at radius 2 is 1.87 bits per heavy atom. The zero-order valence-corrected chi connectivity index (χ0v) is 10.1. The summed E-state index contributed by atoms with van der Waals surface area (Å²) in [5, 5.41) is 0. The van der Waals surface area contributed by atoms with Crippen molar-refractivity contribution in [3.8, 4) is 5.75 Å². The van der Waals surface area contributed by atoms with Crippen LogP contribution in [-0.4, -0.2) is 12.6 Å². The third kappa shape index (κ3) is 3.56. The van der Waals surface area contributed by atoms with Crippen molar-refractivity contribution >= 4 is 0 Å². The molecule has 0 heterocycles. The molecule has 0 aliphatic carbocycles. The van der Waals surface area contributed by atoms with Gasteiger partial charge in [-0.2, -0.15) is 0 Å². The molecule has 2 N–H and O–H groups in total. The average Bonchev–Trinajstić information content (AvgIpc) is 2.19. The number of nitrogens with two attached hydrogens (primary N) is 1. The minimum atomic E-state index is 0.103. The Bertz CT molecular complexity index is 320. The normalized spacial score (nSPS) is 12.9. The molecule has 1 rings (SSSR count). The molecule has 0 saturated carbocycles. The van der Waals surface area contributed by atoms with E-state index in [0.29, 0.717) is 12.5 Å². The van der Waals surface area contributed by atoms with Crippen LogP contribution in [0.25, 0.3) is 0 Å². The molecule has 0 aliphatic heterocycles. The van der Waals surface area contributed by atoms with Crippen LogP contribution in [-0.2, 0) is 0 Å². The largest absolute Gasteiger partial charge is 0.492 e. The lowest BCUT2D eigenvalue weighted by atomic mass is 10.1. The van der Waals surface area contributed by atoms with Crippen molar-refractivity contribution in [1.29, 1.82) is 0 Å². The molecule has 0 radical (unpaired) electrons. The molecule has 1 aromatic carbocycles. The highest BCUT2D eigenvalue weighted by Crippen LogP contribution is 2.16. The lowest BCUT2D eigenvalue weighted by Crippen LogP contribution is -2.32. The summed E-state index contributed by atoms with van der Waals surface area (Å²) >= 11 is 0. The number of rotatable bonds is 4. The van der Waals surface area contributed by atoms with Crippen molar-refractivity contribution in [3.63, 3.8) is 0 Å². The summed E-state index contributed by atoms with van der Waals surface area (Å²) < 4.78 is 5.64. The molecule has 1 aromatic rings. The molecule has 1 atom stereocenters. The number of aryl methyl sites for hydroxylation is 2. The fraction of sp³-hybridized carbons (Fsp3) is 0.538. The predicted octanol–water partition coefficient (Wildman–Crippen LogP) is 2.67. The Morgan fingerprint density at radius 1 is 1.20 bits per heavy atom. The van der Waals surface area contributed by atoms with E-state index >= 15 is 0 Å². The van der Waals surface area contributed by atoms with Gasteiger partial charge in [0.25, 0.3) is 0 Å². The second kappa shape index (κ2) is 5.17. The van der Waals surface area contributed by atoms with Crippen molar-refractivity contribution < 1.29 is 4.74 Å². The lowest BCUT2D eigenvalue weighted by molar-refractivity contribution is 0.259. The fourth-order valence-electron chi connectivity index (χ4n) is 1.19. The highest BCUT2D eigenvalue weighted by molar-refractivity contribution is 5.33. The quantitative estimate of drug-likeness (QED) is 0.823. The molecule has 0 amide bonds. The standard InChI is InChI=1S/C13H21NO/c1-9(2)13(14)8-15-12-6-5-10(3)11(4)7-12/h5-7,9,13H,8,14H2,1-4H3/t13-/m0/s1. The van der Waals surface area contributed by atoms with Crippen LogP contribution in [0, 0.1) is 19.8 Å². The van der Waals surface area contributed by atoms with Crippen LogP contribution < -0.4 is 10.5 Å². The fourth-order valence-corrected chi connectivity index (χ4v) is 1.19. The predicted molar refractivity (Wildman–Crippen MR) is 64.2 cm³/mol. The van der Waals surface area contributed by atoms with Crippen molar-refractivity contribution in [2.45, 2.75) is 33.7 Å². The van der Waals surface area contributed by atoms with Crippen molar-refractivity contribution in [2.75, 3.05) is 6.61 Å². The molecular weight excluding hydrogens is 186 g/mol. The van der Waals surface area contributed by atoms with Gasteiger partial charge in [0.05, 0.1) is 0 Å². The smallest absolute Gasteiger partial charge is 0.119 e. The van der Waals surface area contributed by atoms with Crippen molar-refractivity contribution in [1.82, 2.24) is 0 Å². The minimum Gasteiger partial charge on any atom is -0.492 e. The SMILES string of the molecule is Cc1ccc(OC[C@H](N)C(C)C)cc1C. The summed E-state index contributed by atoms with van der Waals surface area (Å²) in [4.78, 5) is 0. The van der Waals surface area contributed by atoms with E-state index in [0.717, 1.165) is 5.75 Å². The molecule has 0 aromatic heterocycles. The van der Waals surface area contributed by atoms with Gasteiger partial charge >= 0.3 is 0 Å². The van der Waals surface area contributed by atoms with Gasteiger partial charge in [0.15, 0.2) is 0 Å². The monoisotopic (exact) mass is 207 g/mol. The first-order valence-electron chi connectivity index (χ1n) is 5.46. The van der Waals surface area contributed by atoms with Crippen LogP contribution in [0.3, 0.4) is 0 Å². The first-order chi connectivity index (χ1) is 7.00. The Hall–Kier alpha value is -1.02. The van der Waals surface area contributed by atoms with E-state index in [-0.39, 0.29) is 6.04 Å². The second-order valence-electron chi connectivity index (χ2n) is 4.46. The van der Waals surface area contributed by atoms with Crippen molar-refractivity contribution in [3.05, 3.63) is 29.3 Å². The summed E-state index contributed by atoms with van der Waals surface area (Å²) in [5.74, 6) is 1.37. The average molecular weight is 207 g/mol. The van der Waals surface area contributed by atoms with Gasteiger partial charge in [0.2, 0.25) is 0 Å². The Kier molecular flexibility index (Phi) is 4.15. The van der Waals surface area contributed by atoms with Crippen LogP contribution in [0.15, 0.2) is 18.2 Å². The molecule has 0 saturated heterocycles. The maximum absolute atomic E-state index is 5.91. The zero-order valence-electron chi connectivity index (χ0n) is 10.1. The van der Waals surface area contributed by atoms with Crippen LogP contribution in [0.2, 0.25) is 0 Å². The minimum absolute atomic E-state index is 0.103. The Morgan fingerprint density at radius 3 is 2.40 bits per heavy atom. The van der Waals surface area contributed by atoms with Crippen LogP contribution in [0.1, 0.15) is 25.0 Å². The molecule has 2 heteroatoms. The topological polar surface area (TPSA) is 35.2 Å². The summed E-state index contributed by atoms with van der Waals surface area (Å²) in [6.07, 6.45) is 0. The number of ether oxygens (including phenoxy) is 1. The Balaban J connectivity index is 2.55. The molecule has 2 nitrogen and oxygen atoms in total. The molecule has 84 valence electrons. The second-order valence-corrected chi connectivity index (χ2v) is 4.46. The maximum atomic E-state index is 5.91. The van der Waals surface area contributed by atoms with E-state index in [9.17, 15) is 0 Å². The molecule has 0 spiro atoms. The highest BCUT2D eigenvalue weighted by atomic mass is 16.5. The maximum Gasteiger partial charge on any atom is 0.119 e. The van der Waals surface area contributed by atoms with Gasteiger partial charge in [-0.15, -0.1) is 0 Å².